The van der Waals surface area contributed by atoms with Gasteiger partial charge in [0.15, 0.2) is 0 Å². The van der Waals surface area contributed by atoms with Crippen molar-refractivity contribution >= 4 is 6.08 Å². The van der Waals surface area contributed by atoms with Gasteiger partial charge in [-0.2, -0.15) is 0 Å². The highest BCUT2D eigenvalue weighted by atomic mass is 19.1. The van der Waals surface area contributed by atoms with E-state index in [0.29, 0.717) is 6.04 Å². The third-order valence-corrected chi connectivity index (χ3v) is 4.25. The standard InChI is InChI=1S/C16H21FN2/c17-15-6-3-13(4-7-15)2-1-9-19-12-14-5-8-16(19)11-18-10-14/h1-4,6-7,14,16,18H,5,8-12H2/t14-,16+/m1/s1. The van der Waals surface area contributed by atoms with Gasteiger partial charge in [-0.1, -0.05) is 24.3 Å². The molecule has 1 aromatic carbocycles. The second-order valence-corrected chi connectivity index (χ2v) is 5.66. The minimum absolute atomic E-state index is 0.173. The third-order valence-electron chi connectivity index (χ3n) is 4.25. The topological polar surface area (TPSA) is 15.3 Å². The Balaban J connectivity index is 1.58. The summed E-state index contributed by atoms with van der Waals surface area (Å²) in [6.45, 7) is 4.52. The fourth-order valence-corrected chi connectivity index (χ4v) is 3.16. The summed E-state index contributed by atoms with van der Waals surface area (Å²) < 4.78 is 12.8. The average molecular weight is 260 g/mol. The van der Waals surface area contributed by atoms with Gasteiger partial charge >= 0.3 is 0 Å². The van der Waals surface area contributed by atoms with Crippen molar-refractivity contribution in [2.24, 2.45) is 5.92 Å². The van der Waals surface area contributed by atoms with Crippen molar-refractivity contribution in [2.45, 2.75) is 18.9 Å². The van der Waals surface area contributed by atoms with Gasteiger partial charge in [0, 0.05) is 25.7 Å². The van der Waals surface area contributed by atoms with Crippen molar-refractivity contribution in [1.82, 2.24) is 10.2 Å². The zero-order valence-corrected chi connectivity index (χ0v) is 11.2. The van der Waals surface area contributed by atoms with Crippen molar-refractivity contribution in [1.29, 1.82) is 0 Å². The van der Waals surface area contributed by atoms with Gasteiger partial charge in [0.1, 0.15) is 5.82 Å². The molecule has 0 saturated carbocycles. The molecule has 3 saturated heterocycles. The van der Waals surface area contributed by atoms with Gasteiger partial charge in [-0.25, -0.2) is 4.39 Å². The van der Waals surface area contributed by atoms with Crippen LogP contribution in [0.3, 0.4) is 0 Å². The molecular formula is C16H21FN2. The zero-order valence-electron chi connectivity index (χ0n) is 11.2. The lowest BCUT2D eigenvalue weighted by Gasteiger charge is -2.35. The Hall–Kier alpha value is -1.19. The van der Waals surface area contributed by atoms with Gasteiger partial charge in [-0.3, -0.25) is 4.90 Å². The summed E-state index contributed by atoms with van der Waals surface area (Å²) in [6.07, 6.45) is 6.98. The second kappa shape index (κ2) is 5.85. The summed E-state index contributed by atoms with van der Waals surface area (Å²) in [5, 5.41) is 3.55. The first-order chi connectivity index (χ1) is 9.31. The fraction of sp³-hybridized carbons (Fsp3) is 0.500. The number of halogens is 1. The Morgan fingerprint density at radius 2 is 2.05 bits per heavy atom. The lowest BCUT2D eigenvalue weighted by Crippen LogP contribution is -2.43. The van der Waals surface area contributed by atoms with Crippen LogP contribution >= 0.6 is 0 Å². The molecule has 2 bridgehead atoms. The molecule has 3 heterocycles. The van der Waals surface area contributed by atoms with E-state index in [1.165, 1.54) is 38.1 Å². The summed E-state index contributed by atoms with van der Waals surface area (Å²) in [5.74, 6) is 0.644. The highest BCUT2D eigenvalue weighted by Crippen LogP contribution is 2.24. The molecule has 4 rings (SSSR count). The predicted molar refractivity (Wildman–Crippen MR) is 76.4 cm³/mol. The van der Waals surface area contributed by atoms with E-state index in [2.05, 4.69) is 22.4 Å². The Morgan fingerprint density at radius 1 is 1.21 bits per heavy atom. The van der Waals surface area contributed by atoms with Gasteiger partial charge in [0.05, 0.1) is 0 Å². The number of hydrogen-bond acceptors (Lipinski definition) is 2. The van der Waals surface area contributed by atoms with Crippen LogP contribution in [0.15, 0.2) is 30.3 Å². The van der Waals surface area contributed by atoms with Crippen LogP contribution in [0.1, 0.15) is 18.4 Å². The Kier molecular flexibility index (Phi) is 3.95. The minimum Gasteiger partial charge on any atom is -0.315 e. The number of piperidine rings is 1. The first kappa shape index (κ1) is 12.8. The lowest BCUT2D eigenvalue weighted by atomic mass is 9.95. The van der Waals surface area contributed by atoms with E-state index in [0.717, 1.165) is 24.6 Å². The van der Waals surface area contributed by atoms with E-state index in [4.69, 9.17) is 0 Å². The molecule has 0 spiro atoms. The summed E-state index contributed by atoms with van der Waals surface area (Å²) in [7, 11) is 0. The van der Waals surface area contributed by atoms with Crippen molar-refractivity contribution in [3.63, 3.8) is 0 Å². The molecule has 0 aliphatic carbocycles. The number of nitrogens with zero attached hydrogens (tertiary/aromatic N) is 1. The molecule has 2 atom stereocenters. The summed E-state index contributed by atoms with van der Waals surface area (Å²) in [4.78, 5) is 2.58. The molecule has 19 heavy (non-hydrogen) atoms. The Bertz CT molecular complexity index is 437. The normalized spacial score (nSPS) is 27.8. The molecule has 3 aliphatic heterocycles. The number of rotatable bonds is 3. The summed E-state index contributed by atoms with van der Waals surface area (Å²) in [5.41, 5.74) is 1.07. The number of nitrogens with one attached hydrogen (secondary N) is 1. The lowest BCUT2D eigenvalue weighted by molar-refractivity contribution is 0.150. The van der Waals surface area contributed by atoms with E-state index in [1.807, 2.05) is 12.1 Å². The Labute approximate surface area is 114 Å². The first-order valence-electron chi connectivity index (χ1n) is 7.18. The zero-order chi connectivity index (χ0) is 13.1. The highest BCUT2D eigenvalue weighted by molar-refractivity contribution is 5.48. The summed E-state index contributed by atoms with van der Waals surface area (Å²) >= 11 is 0. The highest BCUT2D eigenvalue weighted by Gasteiger charge is 2.30. The molecule has 102 valence electrons. The smallest absolute Gasteiger partial charge is 0.123 e. The monoisotopic (exact) mass is 260 g/mol. The molecule has 0 amide bonds. The van der Waals surface area contributed by atoms with E-state index >= 15 is 0 Å². The van der Waals surface area contributed by atoms with E-state index in [1.54, 1.807) is 0 Å². The predicted octanol–water partition coefficient (Wildman–Crippen LogP) is 2.52. The average Bonchev–Trinajstić information content (AvgIpc) is 2.76. The minimum atomic E-state index is -0.173. The van der Waals surface area contributed by atoms with Gasteiger partial charge in [0.25, 0.3) is 0 Å². The molecule has 3 aliphatic rings. The van der Waals surface area contributed by atoms with Crippen molar-refractivity contribution < 1.29 is 4.39 Å². The second-order valence-electron chi connectivity index (χ2n) is 5.66. The van der Waals surface area contributed by atoms with Crippen LogP contribution in [-0.4, -0.2) is 37.1 Å². The van der Waals surface area contributed by atoms with Crippen LogP contribution in [0.25, 0.3) is 6.08 Å². The number of benzene rings is 1. The maximum atomic E-state index is 12.8. The summed E-state index contributed by atoms with van der Waals surface area (Å²) in [6, 6.07) is 7.36. The molecule has 0 unspecified atom stereocenters. The molecule has 1 N–H and O–H groups in total. The third kappa shape index (κ3) is 3.23. The SMILES string of the molecule is Fc1ccc(C=CCN2C[C@@H]3CC[C@H]2CNC3)cc1. The van der Waals surface area contributed by atoms with Gasteiger partial charge in [0.2, 0.25) is 0 Å². The van der Waals surface area contributed by atoms with Crippen LogP contribution in [0.2, 0.25) is 0 Å². The molecule has 3 heteroatoms. The molecule has 2 nitrogen and oxygen atoms in total. The fourth-order valence-electron chi connectivity index (χ4n) is 3.16. The van der Waals surface area contributed by atoms with Gasteiger partial charge < -0.3 is 5.32 Å². The van der Waals surface area contributed by atoms with E-state index < -0.39 is 0 Å². The number of hydrogen-bond donors (Lipinski definition) is 1. The van der Waals surface area contributed by atoms with E-state index in [9.17, 15) is 4.39 Å². The van der Waals surface area contributed by atoms with Gasteiger partial charge in [-0.05, 0) is 43.0 Å². The molecule has 0 radical (unpaired) electrons. The van der Waals surface area contributed by atoms with Crippen LogP contribution in [-0.2, 0) is 0 Å². The maximum Gasteiger partial charge on any atom is 0.123 e. The van der Waals surface area contributed by atoms with Crippen LogP contribution in [0.5, 0.6) is 0 Å². The van der Waals surface area contributed by atoms with Crippen molar-refractivity contribution in [3.05, 3.63) is 41.7 Å². The largest absolute Gasteiger partial charge is 0.315 e. The van der Waals surface area contributed by atoms with Crippen LogP contribution in [0.4, 0.5) is 4.39 Å². The molecule has 1 aromatic rings. The van der Waals surface area contributed by atoms with Gasteiger partial charge in [-0.15, -0.1) is 0 Å². The molecular weight excluding hydrogens is 239 g/mol. The van der Waals surface area contributed by atoms with Crippen molar-refractivity contribution in [2.75, 3.05) is 26.2 Å². The first-order valence-corrected chi connectivity index (χ1v) is 7.18. The van der Waals surface area contributed by atoms with Crippen molar-refractivity contribution in [3.8, 4) is 0 Å². The van der Waals surface area contributed by atoms with Crippen LogP contribution in [0, 0.1) is 11.7 Å². The number of fused-ring (bicyclic) bond motifs is 4. The molecule has 3 fully saturated rings. The molecule has 0 aromatic heterocycles. The van der Waals surface area contributed by atoms with Crippen LogP contribution < -0.4 is 5.32 Å². The quantitative estimate of drug-likeness (QED) is 0.898. The maximum absolute atomic E-state index is 12.8. The van der Waals surface area contributed by atoms with E-state index in [-0.39, 0.29) is 5.82 Å². The Morgan fingerprint density at radius 3 is 2.89 bits per heavy atom.